The van der Waals surface area contributed by atoms with E-state index in [1.165, 1.54) is 0 Å². The van der Waals surface area contributed by atoms with Crippen molar-refractivity contribution >= 4 is 11.8 Å². The monoisotopic (exact) mass is 226 g/mol. The number of piperidine rings is 1. The Morgan fingerprint density at radius 1 is 1.56 bits per heavy atom. The van der Waals surface area contributed by atoms with Crippen LogP contribution in [0, 0.1) is 5.92 Å². The first-order chi connectivity index (χ1) is 7.59. The molecule has 2 amide bonds. The Labute approximate surface area is 94.6 Å². The van der Waals surface area contributed by atoms with Crippen LogP contribution < -0.4 is 10.6 Å². The van der Waals surface area contributed by atoms with E-state index in [4.69, 9.17) is 0 Å². The predicted molar refractivity (Wildman–Crippen MR) is 57.5 cm³/mol. The first kappa shape index (κ1) is 11.4. The average molecular weight is 226 g/mol. The molecule has 0 spiro atoms. The molecule has 0 radical (unpaired) electrons. The quantitative estimate of drug-likeness (QED) is 0.609. The maximum absolute atomic E-state index is 11.7. The lowest BCUT2D eigenvalue weighted by Crippen LogP contribution is -2.50. The Morgan fingerprint density at radius 3 is 2.81 bits per heavy atom. The molecule has 0 aromatic heterocycles. The second kappa shape index (κ2) is 4.41. The van der Waals surface area contributed by atoms with Gasteiger partial charge in [0.25, 0.3) is 0 Å². The minimum absolute atomic E-state index is 0.0154. The predicted octanol–water partition coefficient (Wildman–Crippen LogP) is -0.456. The summed E-state index contributed by atoms with van der Waals surface area (Å²) >= 11 is 0. The zero-order chi connectivity index (χ0) is 11.6. The number of carbonyl (C=O) groups excluding carboxylic acids is 2. The molecule has 1 saturated heterocycles. The summed E-state index contributed by atoms with van der Waals surface area (Å²) in [5.74, 6) is -0.177. The third-order valence-corrected chi connectivity index (χ3v) is 3.51. The minimum atomic E-state index is -0.673. The van der Waals surface area contributed by atoms with Gasteiger partial charge in [-0.3, -0.25) is 9.59 Å². The summed E-state index contributed by atoms with van der Waals surface area (Å²) < 4.78 is 0. The van der Waals surface area contributed by atoms with Gasteiger partial charge in [0.1, 0.15) is 0 Å². The van der Waals surface area contributed by atoms with Gasteiger partial charge < -0.3 is 15.7 Å². The van der Waals surface area contributed by atoms with Gasteiger partial charge in [0, 0.05) is 19.5 Å². The van der Waals surface area contributed by atoms with Crippen LogP contribution >= 0.6 is 0 Å². The van der Waals surface area contributed by atoms with E-state index in [9.17, 15) is 14.7 Å². The van der Waals surface area contributed by atoms with Crippen molar-refractivity contribution in [3.05, 3.63) is 0 Å². The summed E-state index contributed by atoms with van der Waals surface area (Å²) in [6.45, 7) is 0.763. The first-order valence-electron chi connectivity index (χ1n) is 5.86. The Morgan fingerprint density at radius 2 is 2.31 bits per heavy atom. The van der Waals surface area contributed by atoms with E-state index >= 15 is 0 Å². The van der Waals surface area contributed by atoms with Gasteiger partial charge in [-0.1, -0.05) is 0 Å². The van der Waals surface area contributed by atoms with Crippen LogP contribution in [0.15, 0.2) is 0 Å². The van der Waals surface area contributed by atoms with Crippen LogP contribution in [0.3, 0.4) is 0 Å². The summed E-state index contributed by atoms with van der Waals surface area (Å²) in [6, 6.07) is 0. The summed E-state index contributed by atoms with van der Waals surface area (Å²) in [4.78, 5) is 22.6. The molecule has 16 heavy (non-hydrogen) atoms. The summed E-state index contributed by atoms with van der Waals surface area (Å²) in [5.41, 5.74) is -0.673. The lowest BCUT2D eigenvalue weighted by molar-refractivity contribution is -0.130. The van der Waals surface area contributed by atoms with Crippen LogP contribution in [-0.2, 0) is 9.59 Å². The highest BCUT2D eigenvalue weighted by Gasteiger charge is 2.35. The van der Waals surface area contributed by atoms with Gasteiger partial charge in [0.15, 0.2) is 0 Å². The molecule has 2 fully saturated rings. The Kier molecular flexibility index (Phi) is 3.14. The fourth-order valence-corrected chi connectivity index (χ4v) is 2.11. The number of rotatable bonds is 3. The highest BCUT2D eigenvalue weighted by atomic mass is 16.3. The number of amides is 2. The normalized spacial score (nSPS) is 27.8. The van der Waals surface area contributed by atoms with Gasteiger partial charge >= 0.3 is 0 Å². The van der Waals surface area contributed by atoms with E-state index in [0.29, 0.717) is 25.9 Å². The average Bonchev–Trinajstić information content (AvgIpc) is 2.24. The fraction of sp³-hybridized carbons (Fsp3) is 0.818. The Balaban J connectivity index is 1.73. The van der Waals surface area contributed by atoms with Crippen LogP contribution in [0.2, 0.25) is 0 Å². The van der Waals surface area contributed by atoms with Crippen molar-refractivity contribution in [1.82, 2.24) is 10.6 Å². The largest absolute Gasteiger partial charge is 0.388 e. The zero-order valence-electron chi connectivity index (χ0n) is 9.29. The minimum Gasteiger partial charge on any atom is -0.388 e. The van der Waals surface area contributed by atoms with Crippen LogP contribution in [-0.4, -0.2) is 35.6 Å². The molecule has 2 aliphatic rings. The molecule has 90 valence electrons. The molecule has 0 bridgehead atoms. The molecular formula is C11H18N2O3. The van der Waals surface area contributed by atoms with Crippen molar-refractivity contribution in [3.8, 4) is 0 Å². The third kappa shape index (κ3) is 2.52. The lowest BCUT2D eigenvalue weighted by Gasteiger charge is -2.37. The van der Waals surface area contributed by atoms with E-state index in [1.807, 2.05) is 0 Å². The van der Waals surface area contributed by atoms with Gasteiger partial charge in [-0.2, -0.15) is 0 Å². The van der Waals surface area contributed by atoms with Gasteiger partial charge in [-0.15, -0.1) is 0 Å². The van der Waals surface area contributed by atoms with Crippen LogP contribution in [0.5, 0.6) is 0 Å². The van der Waals surface area contributed by atoms with E-state index < -0.39 is 5.60 Å². The molecule has 1 aliphatic heterocycles. The van der Waals surface area contributed by atoms with Gasteiger partial charge in [-0.25, -0.2) is 0 Å². The van der Waals surface area contributed by atoms with E-state index in [0.717, 1.165) is 19.3 Å². The van der Waals surface area contributed by atoms with Gasteiger partial charge in [0.05, 0.1) is 11.5 Å². The second-order valence-electron chi connectivity index (χ2n) is 4.84. The number of nitrogens with one attached hydrogen (secondary N) is 2. The van der Waals surface area contributed by atoms with E-state index in [-0.39, 0.29) is 17.7 Å². The number of hydrogen-bond acceptors (Lipinski definition) is 3. The smallest absolute Gasteiger partial charge is 0.225 e. The lowest BCUT2D eigenvalue weighted by atomic mass is 9.80. The second-order valence-corrected chi connectivity index (χ2v) is 4.84. The molecule has 1 unspecified atom stereocenters. The van der Waals surface area contributed by atoms with Crippen molar-refractivity contribution in [2.45, 2.75) is 37.7 Å². The summed E-state index contributed by atoms with van der Waals surface area (Å²) in [7, 11) is 0. The highest BCUT2D eigenvalue weighted by Crippen LogP contribution is 2.30. The molecule has 5 heteroatoms. The maximum Gasteiger partial charge on any atom is 0.225 e. The number of hydrogen-bond donors (Lipinski definition) is 3. The number of aliphatic hydroxyl groups is 1. The van der Waals surface area contributed by atoms with Crippen molar-refractivity contribution in [3.63, 3.8) is 0 Å². The maximum atomic E-state index is 11.7. The van der Waals surface area contributed by atoms with Crippen LogP contribution in [0.25, 0.3) is 0 Å². The van der Waals surface area contributed by atoms with Crippen molar-refractivity contribution < 1.29 is 14.7 Å². The molecule has 0 aromatic carbocycles. The molecule has 3 N–H and O–H groups in total. The standard InChI is InChI=1S/C11H18N2O3/c14-9-3-2-8(6-12-9)10(15)13-7-11(16)4-1-5-11/h8,16H,1-7H2,(H,12,14)(H,13,15). The SMILES string of the molecule is O=C1CCC(C(=O)NCC2(O)CCC2)CN1. The third-order valence-electron chi connectivity index (χ3n) is 3.51. The van der Waals surface area contributed by atoms with Crippen molar-refractivity contribution in [2.24, 2.45) is 5.92 Å². The molecule has 1 aliphatic carbocycles. The van der Waals surface area contributed by atoms with E-state index in [2.05, 4.69) is 10.6 Å². The van der Waals surface area contributed by atoms with Gasteiger partial charge in [0.2, 0.25) is 11.8 Å². The Hall–Kier alpha value is -1.10. The summed E-state index contributed by atoms with van der Waals surface area (Å²) in [5, 5.41) is 15.3. The Bertz CT molecular complexity index is 290. The molecule has 0 aromatic rings. The fourth-order valence-electron chi connectivity index (χ4n) is 2.11. The molecule has 1 saturated carbocycles. The van der Waals surface area contributed by atoms with Crippen LogP contribution in [0.4, 0.5) is 0 Å². The molecule has 2 rings (SSSR count). The van der Waals surface area contributed by atoms with Gasteiger partial charge in [-0.05, 0) is 25.7 Å². The van der Waals surface area contributed by atoms with Crippen molar-refractivity contribution in [2.75, 3.05) is 13.1 Å². The first-order valence-corrected chi connectivity index (χ1v) is 5.86. The molecule has 5 nitrogen and oxygen atoms in total. The van der Waals surface area contributed by atoms with E-state index in [1.54, 1.807) is 0 Å². The van der Waals surface area contributed by atoms with Crippen LogP contribution in [0.1, 0.15) is 32.1 Å². The zero-order valence-corrected chi connectivity index (χ0v) is 9.29. The molecule has 1 heterocycles. The number of carbonyl (C=O) groups is 2. The van der Waals surface area contributed by atoms with Crippen molar-refractivity contribution in [1.29, 1.82) is 0 Å². The highest BCUT2D eigenvalue weighted by molar-refractivity contribution is 5.83. The summed E-state index contributed by atoms with van der Waals surface area (Å²) in [6.07, 6.45) is 3.60. The topological polar surface area (TPSA) is 78.4 Å². The molecule has 1 atom stereocenters. The molecular weight excluding hydrogens is 208 g/mol.